The fourth-order valence-electron chi connectivity index (χ4n) is 2.22. The van der Waals surface area contributed by atoms with E-state index in [4.69, 9.17) is 0 Å². The first-order valence-electron chi connectivity index (χ1n) is 7.71. The SMILES string of the molecule is CCCNCCNC(=O)C(C)NS(=O)(=O)c1c(C)nn(C)c1C.Cl. The summed E-state index contributed by atoms with van der Waals surface area (Å²) >= 11 is 0. The zero-order chi connectivity index (χ0) is 17.6. The molecule has 1 rings (SSSR count). The molecule has 1 aromatic rings. The van der Waals surface area contributed by atoms with Crippen LogP contribution < -0.4 is 15.4 Å². The average molecular weight is 382 g/mol. The highest BCUT2D eigenvalue weighted by molar-refractivity contribution is 7.89. The van der Waals surface area contributed by atoms with Crippen LogP contribution in [0.25, 0.3) is 0 Å². The number of hydrogen-bond acceptors (Lipinski definition) is 5. The summed E-state index contributed by atoms with van der Waals surface area (Å²) in [7, 11) is -2.11. The van der Waals surface area contributed by atoms with Crippen LogP contribution in [-0.2, 0) is 21.9 Å². The first-order chi connectivity index (χ1) is 10.7. The Labute approximate surface area is 150 Å². The summed E-state index contributed by atoms with van der Waals surface area (Å²) in [6.07, 6.45) is 1.02. The van der Waals surface area contributed by atoms with Crippen molar-refractivity contribution in [2.75, 3.05) is 19.6 Å². The maximum Gasteiger partial charge on any atom is 0.244 e. The molecule has 0 aliphatic heterocycles. The Morgan fingerprint density at radius 1 is 1.25 bits per heavy atom. The number of carbonyl (C=O) groups excluding carboxylic acids is 1. The van der Waals surface area contributed by atoms with E-state index in [9.17, 15) is 13.2 Å². The van der Waals surface area contributed by atoms with Crippen molar-refractivity contribution in [2.45, 2.75) is 45.1 Å². The Morgan fingerprint density at radius 2 is 1.88 bits per heavy atom. The van der Waals surface area contributed by atoms with Crippen LogP contribution in [0.2, 0.25) is 0 Å². The lowest BCUT2D eigenvalue weighted by molar-refractivity contribution is -0.122. The standard InChI is InChI=1S/C14H27N5O3S.ClH/c1-6-7-15-8-9-16-14(20)11(3)18-23(21,22)13-10(2)17-19(5)12(13)4;/h11,15,18H,6-9H2,1-5H3,(H,16,20);1H. The van der Waals surface area contributed by atoms with Crippen LogP contribution in [-0.4, -0.2) is 49.8 Å². The molecule has 8 nitrogen and oxygen atoms in total. The van der Waals surface area contributed by atoms with Gasteiger partial charge in [-0.15, -0.1) is 12.4 Å². The van der Waals surface area contributed by atoms with Gasteiger partial charge < -0.3 is 10.6 Å². The highest BCUT2D eigenvalue weighted by atomic mass is 35.5. The molecule has 1 amide bonds. The molecule has 0 saturated carbocycles. The largest absolute Gasteiger partial charge is 0.353 e. The van der Waals surface area contributed by atoms with Gasteiger partial charge in [0.25, 0.3) is 0 Å². The van der Waals surface area contributed by atoms with Crippen LogP contribution in [0.1, 0.15) is 31.7 Å². The summed E-state index contributed by atoms with van der Waals surface area (Å²) in [5.74, 6) is -0.355. The molecule has 140 valence electrons. The number of sulfonamides is 1. The zero-order valence-electron chi connectivity index (χ0n) is 14.8. The lowest BCUT2D eigenvalue weighted by atomic mass is 10.3. The molecular formula is C14H28ClN5O3S. The van der Waals surface area contributed by atoms with Gasteiger partial charge in [0, 0.05) is 20.1 Å². The molecule has 10 heteroatoms. The smallest absolute Gasteiger partial charge is 0.244 e. The van der Waals surface area contributed by atoms with Gasteiger partial charge >= 0.3 is 0 Å². The first kappa shape index (κ1) is 22.8. The van der Waals surface area contributed by atoms with Crippen LogP contribution in [0, 0.1) is 13.8 Å². The van der Waals surface area contributed by atoms with Gasteiger partial charge in [-0.05, 0) is 33.7 Å². The summed E-state index contributed by atoms with van der Waals surface area (Å²) in [5, 5.41) is 9.95. The average Bonchev–Trinajstić information content (AvgIpc) is 2.71. The van der Waals surface area contributed by atoms with E-state index in [1.807, 2.05) is 0 Å². The van der Waals surface area contributed by atoms with E-state index in [2.05, 4.69) is 27.4 Å². The zero-order valence-corrected chi connectivity index (χ0v) is 16.5. The van der Waals surface area contributed by atoms with Crippen molar-refractivity contribution in [2.24, 2.45) is 7.05 Å². The van der Waals surface area contributed by atoms with Gasteiger partial charge in [-0.3, -0.25) is 9.48 Å². The molecule has 1 aromatic heterocycles. The molecule has 0 radical (unpaired) electrons. The van der Waals surface area contributed by atoms with Gasteiger partial charge in [0.05, 0.1) is 17.4 Å². The fraction of sp³-hybridized carbons (Fsp3) is 0.714. The Morgan fingerprint density at radius 3 is 2.38 bits per heavy atom. The quantitative estimate of drug-likeness (QED) is 0.531. The molecule has 0 fully saturated rings. The van der Waals surface area contributed by atoms with E-state index in [0.717, 1.165) is 13.0 Å². The Hall–Kier alpha value is -1.16. The molecule has 3 N–H and O–H groups in total. The number of carbonyl (C=O) groups is 1. The second kappa shape index (κ2) is 9.97. The molecule has 1 atom stereocenters. The van der Waals surface area contributed by atoms with Crippen molar-refractivity contribution in [3.05, 3.63) is 11.4 Å². The van der Waals surface area contributed by atoms with Gasteiger partial charge in [0.1, 0.15) is 4.90 Å². The molecule has 0 saturated heterocycles. The second-order valence-corrected chi connectivity index (χ2v) is 7.16. The Kier molecular flexibility index (Phi) is 9.49. The number of halogens is 1. The molecule has 24 heavy (non-hydrogen) atoms. The monoisotopic (exact) mass is 381 g/mol. The topological polar surface area (TPSA) is 105 Å². The number of amides is 1. The second-order valence-electron chi connectivity index (χ2n) is 5.51. The third-order valence-electron chi connectivity index (χ3n) is 3.46. The molecule has 0 bridgehead atoms. The first-order valence-corrected chi connectivity index (χ1v) is 9.20. The van der Waals surface area contributed by atoms with Crippen molar-refractivity contribution in [3.63, 3.8) is 0 Å². The summed E-state index contributed by atoms with van der Waals surface area (Å²) in [6, 6.07) is -0.856. The van der Waals surface area contributed by atoms with E-state index in [-0.39, 0.29) is 23.2 Å². The van der Waals surface area contributed by atoms with E-state index >= 15 is 0 Å². The van der Waals surface area contributed by atoms with Gasteiger partial charge in [-0.25, -0.2) is 8.42 Å². The lowest BCUT2D eigenvalue weighted by Gasteiger charge is -2.15. The van der Waals surface area contributed by atoms with E-state index in [1.165, 1.54) is 11.6 Å². The van der Waals surface area contributed by atoms with Crippen LogP contribution >= 0.6 is 12.4 Å². The molecule has 1 heterocycles. The van der Waals surface area contributed by atoms with E-state index in [0.29, 0.717) is 24.5 Å². The van der Waals surface area contributed by atoms with Gasteiger partial charge in [0.2, 0.25) is 15.9 Å². The molecule has 1 unspecified atom stereocenters. The summed E-state index contributed by atoms with van der Waals surface area (Å²) < 4.78 is 28.8. The lowest BCUT2D eigenvalue weighted by Crippen LogP contribution is -2.46. The normalized spacial score (nSPS) is 12.5. The van der Waals surface area contributed by atoms with Crippen LogP contribution in [0.15, 0.2) is 4.90 Å². The molecule has 0 aliphatic carbocycles. The number of hydrogen-bond donors (Lipinski definition) is 3. The maximum absolute atomic E-state index is 12.5. The minimum absolute atomic E-state index is 0. The predicted octanol–water partition coefficient (Wildman–Crippen LogP) is 0.241. The van der Waals surface area contributed by atoms with Crippen molar-refractivity contribution in [1.82, 2.24) is 25.1 Å². The van der Waals surface area contributed by atoms with Crippen molar-refractivity contribution in [3.8, 4) is 0 Å². The molecule has 0 aliphatic rings. The number of nitrogens with one attached hydrogen (secondary N) is 3. The number of aryl methyl sites for hydroxylation is 2. The fourth-order valence-corrected chi connectivity index (χ4v) is 3.86. The number of nitrogens with zero attached hydrogens (tertiary/aromatic N) is 2. The van der Waals surface area contributed by atoms with E-state index < -0.39 is 16.1 Å². The summed E-state index contributed by atoms with van der Waals surface area (Å²) in [5.41, 5.74) is 0.945. The highest BCUT2D eigenvalue weighted by Crippen LogP contribution is 2.18. The Bertz CT molecular complexity index is 645. The van der Waals surface area contributed by atoms with Gasteiger partial charge in [0.15, 0.2) is 0 Å². The molecular weight excluding hydrogens is 354 g/mol. The third kappa shape index (κ3) is 6.04. The predicted molar refractivity (Wildman–Crippen MR) is 95.9 cm³/mol. The van der Waals surface area contributed by atoms with Crippen molar-refractivity contribution in [1.29, 1.82) is 0 Å². The van der Waals surface area contributed by atoms with Crippen LogP contribution in [0.4, 0.5) is 0 Å². The summed E-state index contributed by atoms with van der Waals surface area (Å²) in [6.45, 7) is 8.88. The maximum atomic E-state index is 12.5. The van der Waals surface area contributed by atoms with Crippen molar-refractivity contribution < 1.29 is 13.2 Å². The number of aromatic nitrogens is 2. The number of rotatable bonds is 9. The van der Waals surface area contributed by atoms with Crippen LogP contribution in [0.5, 0.6) is 0 Å². The van der Waals surface area contributed by atoms with Gasteiger partial charge in [-0.1, -0.05) is 6.92 Å². The van der Waals surface area contributed by atoms with Gasteiger partial charge in [-0.2, -0.15) is 9.82 Å². The minimum Gasteiger partial charge on any atom is -0.353 e. The van der Waals surface area contributed by atoms with Crippen LogP contribution in [0.3, 0.4) is 0 Å². The molecule has 0 spiro atoms. The van der Waals surface area contributed by atoms with E-state index in [1.54, 1.807) is 20.9 Å². The highest BCUT2D eigenvalue weighted by Gasteiger charge is 2.27. The minimum atomic E-state index is -3.79. The molecule has 0 aromatic carbocycles. The summed E-state index contributed by atoms with van der Waals surface area (Å²) in [4.78, 5) is 12.1. The van der Waals surface area contributed by atoms with Crippen molar-refractivity contribution >= 4 is 28.3 Å². The third-order valence-corrected chi connectivity index (χ3v) is 5.26. The Balaban J connectivity index is 0.00000529.